The summed E-state index contributed by atoms with van der Waals surface area (Å²) in [5.74, 6) is -0.211. The molecule has 150 valence electrons. The lowest BCUT2D eigenvalue weighted by Crippen LogP contribution is -2.32. The molecule has 31 heavy (non-hydrogen) atoms. The zero-order valence-corrected chi connectivity index (χ0v) is 16.6. The van der Waals surface area contributed by atoms with Gasteiger partial charge < -0.3 is 9.32 Å². The largest absolute Gasteiger partial charge is 0.464 e. The van der Waals surface area contributed by atoms with E-state index in [1.54, 1.807) is 35.4 Å². The minimum atomic E-state index is -0.211. The maximum atomic E-state index is 13.7. The van der Waals surface area contributed by atoms with E-state index in [0.29, 0.717) is 27.8 Å². The molecule has 0 radical (unpaired) electrons. The van der Waals surface area contributed by atoms with Crippen LogP contribution >= 0.6 is 0 Å². The molecule has 0 unspecified atom stereocenters. The van der Waals surface area contributed by atoms with E-state index in [0.717, 1.165) is 10.9 Å². The third-order valence-electron chi connectivity index (χ3n) is 5.27. The molecule has 0 aliphatic rings. The summed E-state index contributed by atoms with van der Waals surface area (Å²) in [7, 11) is 0. The summed E-state index contributed by atoms with van der Waals surface area (Å²) in [4.78, 5) is 32.7. The lowest BCUT2D eigenvalue weighted by Gasteiger charge is -2.23. The first-order valence-corrected chi connectivity index (χ1v) is 9.92. The van der Waals surface area contributed by atoms with Gasteiger partial charge in [0.1, 0.15) is 5.58 Å². The molecule has 2 heterocycles. The van der Waals surface area contributed by atoms with Gasteiger partial charge in [0.05, 0.1) is 34.8 Å². The molecule has 3 aromatic carbocycles. The fourth-order valence-electron chi connectivity index (χ4n) is 3.71. The molecule has 0 bridgehead atoms. The predicted molar refractivity (Wildman–Crippen MR) is 121 cm³/mol. The van der Waals surface area contributed by atoms with Crippen LogP contribution in [0.15, 0.2) is 107 Å². The predicted octanol–water partition coefficient (Wildman–Crippen LogP) is 5.19. The Morgan fingerprint density at radius 1 is 0.839 bits per heavy atom. The molecule has 5 aromatic rings. The van der Waals surface area contributed by atoms with Gasteiger partial charge in [-0.3, -0.25) is 14.6 Å². The van der Waals surface area contributed by atoms with Crippen molar-refractivity contribution in [3.05, 3.63) is 119 Å². The van der Waals surface area contributed by atoms with Crippen LogP contribution < -0.4 is 10.3 Å². The lowest BCUT2D eigenvalue weighted by atomic mass is 10.1. The molecule has 5 nitrogen and oxygen atoms in total. The minimum absolute atomic E-state index is 0.0899. The van der Waals surface area contributed by atoms with Crippen molar-refractivity contribution in [2.45, 2.75) is 6.54 Å². The minimum Gasteiger partial charge on any atom is -0.464 e. The van der Waals surface area contributed by atoms with Crippen molar-refractivity contribution in [3.63, 3.8) is 0 Å². The number of rotatable bonds is 4. The van der Waals surface area contributed by atoms with Crippen molar-refractivity contribution in [3.8, 4) is 0 Å². The number of carbonyl (C=O) groups is 1. The third kappa shape index (κ3) is 3.46. The molecule has 0 saturated heterocycles. The Morgan fingerprint density at radius 2 is 1.55 bits per heavy atom. The Hall–Kier alpha value is -4.25. The molecule has 5 rings (SSSR count). The van der Waals surface area contributed by atoms with Crippen LogP contribution in [0.3, 0.4) is 0 Å². The van der Waals surface area contributed by atoms with Gasteiger partial charge >= 0.3 is 0 Å². The van der Waals surface area contributed by atoms with Crippen molar-refractivity contribution in [1.29, 1.82) is 0 Å². The van der Waals surface area contributed by atoms with Crippen molar-refractivity contribution in [2.75, 3.05) is 4.90 Å². The SMILES string of the molecule is O=C(c1ccnc2ccccc12)N(Cc1coc2ccccc2c1=O)c1ccccc1. The summed E-state index contributed by atoms with van der Waals surface area (Å²) in [6.07, 6.45) is 3.07. The highest BCUT2D eigenvalue weighted by molar-refractivity contribution is 6.13. The van der Waals surface area contributed by atoms with Gasteiger partial charge in [0, 0.05) is 17.3 Å². The number of amides is 1. The Kier molecular flexibility index (Phi) is 4.77. The monoisotopic (exact) mass is 406 g/mol. The van der Waals surface area contributed by atoms with E-state index >= 15 is 0 Å². The summed E-state index contributed by atoms with van der Waals surface area (Å²) in [6.45, 7) is 0.0899. The fourth-order valence-corrected chi connectivity index (χ4v) is 3.71. The topological polar surface area (TPSA) is 63.4 Å². The number of aromatic nitrogens is 1. The average Bonchev–Trinajstić information content (AvgIpc) is 2.83. The fraction of sp³-hybridized carbons (Fsp3) is 0.0385. The Labute approximate surface area is 178 Å². The molecule has 0 aliphatic carbocycles. The van der Waals surface area contributed by atoms with Crippen molar-refractivity contribution >= 4 is 33.5 Å². The van der Waals surface area contributed by atoms with E-state index in [2.05, 4.69) is 4.98 Å². The maximum Gasteiger partial charge on any atom is 0.259 e. The standard InChI is InChI=1S/C26H18N2O3/c29-25-18(17-31-24-13-7-5-11-22(24)25)16-28(19-8-2-1-3-9-19)26(30)21-14-15-27-23-12-6-4-10-20(21)23/h1-15,17H,16H2. The number of hydrogen-bond donors (Lipinski definition) is 0. The van der Waals surface area contributed by atoms with Gasteiger partial charge in [-0.05, 0) is 36.4 Å². The zero-order chi connectivity index (χ0) is 21.2. The number of pyridine rings is 1. The molecule has 0 aliphatic heterocycles. The molecule has 0 spiro atoms. The third-order valence-corrected chi connectivity index (χ3v) is 5.27. The van der Waals surface area contributed by atoms with Crippen LogP contribution in [0.25, 0.3) is 21.9 Å². The van der Waals surface area contributed by atoms with E-state index in [9.17, 15) is 9.59 Å². The van der Waals surface area contributed by atoms with E-state index in [-0.39, 0.29) is 17.9 Å². The molecule has 0 saturated carbocycles. The van der Waals surface area contributed by atoms with Crippen molar-refractivity contribution < 1.29 is 9.21 Å². The number of fused-ring (bicyclic) bond motifs is 2. The van der Waals surface area contributed by atoms with Crippen LogP contribution in [0.4, 0.5) is 5.69 Å². The van der Waals surface area contributed by atoms with Gasteiger partial charge in [0.25, 0.3) is 5.91 Å². The van der Waals surface area contributed by atoms with Gasteiger partial charge in [-0.2, -0.15) is 0 Å². The van der Waals surface area contributed by atoms with Crippen molar-refractivity contribution in [1.82, 2.24) is 4.98 Å². The Morgan fingerprint density at radius 3 is 2.39 bits per heavy atom. The van der Waals surface area contributed by atoms with E-state index in [4.69, 9.17) is 4.42 Å². The Balaban J connectivity index is 1.63. The van der Waals surface area contributed by atoms with Crippen LogP contribution in [0.1, 0.15) is 15.9 Å². The molecular weight excluding hydrogens is 388 g/mol. The van der Waals surface area contributed by atoms with Gasteiger partial charge in [-0.25, -0.2) is 0 Å². The highest BCUT2D eigenvalue weighted by Gasteiger charge is 2.22. The van der Waals surface area contributed by atoms with Gasteiger partial charge in [-0.1, -0.05) is 48.5 Å². The second kappa shape index (κ2) is 7.88. The van der Waals surface area contributed by atoms with Gasteiger partial charge in [-0.15, -0.1) is 0 Å². The highest BCUT2D eigenvalue weighted by atomic mass is 16.3. The molecule has 0 fully saturated rings. The van der Waals surface area contributed by atoms with Crippen LogP contribution in [0, 0.1) is 0 Å². The maximum absolute atomic E-state index is 13.7. The first-order valence-electron chi connectivity index (χ1n) is 9.92. The highest BCUT2D eigenvalue weighted by Crippen LogP contribution is 2.24. The molecule has 0 N–H and O–H groups in total. The number of para-hydroxylation sites is 3. The van der Waals surface area contributed by atoms with E-state index in [1.165, 1.54) is 6.26 Å². The summed E-state index contributed by atoms with van der Waals surface area (Å²) in [5.41, 5.74) is 2.76. The molecule has 0 atom stereocenters. The van der Waals surface area contributed by atoms with Crippen LogP contribution in [0.5, 0.6) is 0 Å². The first kappa shape index (κ1) is 18.8. The average molecular weight is 406 g/mol. The van der Waals surface area contributed by atoms with Crippen molar-refractivity contribution in [2.24, 2.45) is 0 Å². The Bertz CT molecular complexity index is 1450. The zero-order valence-electron chi connectivity index (χ0n) is 16.6. The number of hydrogen-bond acceptors (Lipinski definition) is 4. The van der Waals surface area contributed by atoms with Gasteiger partial charge in [0.15, 0.2) is 5.43 Å². The van der Waals surface area contributed by atoms with Crippen LogP contribution in [-0.2, 0) is 6.54 Å². The van der Waals surface area contributed by atoms with Crippen LogP contribution in [-0.4, -0.2) is 10.9 Å². The summed E-state index contributed by atoms with van der Waals surface area (Å²) in [6, 6.07) is 25.7. The van der Waals surface area contributed by atoms with Crippen LogP contribution in [0.2, 0.25) is 0 Å². The lowest BCUT2D eigenvalue weighted by molar-refractivity contribution is 0.0986. The molecule has 1 amide bonds. The quantitative estimate of drug-likeness (QED) is 0.412. The second-order valence-electron chi connectivity index (χ2n) is 7.19. The normalized spacial score (nSPS) is 11.0. The molecule has 2 aromatic heterocycles. The number of nitrogens with zero attached hydrogens (tertiary/aromatic N) is 2. The number of anilines is 1. The van der Waals surface area contributed by atoms with E-state index < -0.39 is 0 Å². The smallest absolute Gasteiger partial charge is 0.259 e. The first-order chi connectivity index (χ1) is 15.2. The molecular formula is C26H18N2O3. The molecule has 5 heteroatoms. The second-order valence-corrected chi connectivity index (χ2v) is 7.19. The van der Waals surface area contributed by atoms with E-state index in [1.807, 2.05) is 60.7 Å². The number of benzene rings is 3. The summed E-state index contributed by atoms with van der Waals surface area (Å²) < 4.78 is 5.67. The summed E-state index contributed by atoms with van der Waals surface area (Å²) >= 11 is 0. The van der Waals surface area contributed by atoms with Gasteiger partial charge in [0.2, 0.25) is 0 Å². The summed E-state index contributed by atoms with van der Waals surface area (Å²) in [5, 5.41) is 1.26. The number of carbonyl (C=O) groups excluding carboxylic acids is 1.